The van der Waals surface area contributed by atoms with Crippen LogP contribution in [0.2, 0.25) is 0 Å². The minimum absolute atomic E-state index is 0. The van der Waals surface area contributed by atoms with Crippen LogP contribution in [0, 0.1) is 5.41 Å². The molecule has 6 heteroatoms. The van der Waals surface area contributed by atoms with Crippen LogP contribution in [0.4, 0.5) is 0 Å². The van der Waals surface area contributed by atoms with Crippen molar-refractivity contribution in [2.45, 2.75) is 13.8 Å². The Kier molecular flexibility index (Phi) is 7.39. The molecule has 2 N–H and O–H groups in total. The topological polar surface area (TPSA) is 59.2 Å². The van der Waals surface area contributed by atoms with E-state index in [2.05, 4.69) is 24.9 Å². The summed E-state index contributed by atoms with van der Waals surface area (Å²) in [6.45, 7) is 5.26. The number of amides is 1. The van der Waals surface area contributed by atoms with Crippen LogP contribution in [-0.2, 0) is 0 Å². The molecule has 0 aliphatic carbocycles. The van der Waals surface area contributed by atoms with Gasteiger partial charge in [-0.25, -0.2) is 0 Å². The van der Waals surface area contributed by atoms with Crippen molar-refractivity contribution in [1.82, 2.24) is 9.88 Å². The molecule has 26 heavy (non-hydrogen) atoms. The number of halogens is 2. The lowest BCUT2D eigenvalue weighted by atomic mass is 9.92. The second kappa shape index (κ2) is 8.67. The molecule has 0 saturated carbocycles. The van der Waals surface area contributed by atoms with E-state index in [4.69, 9.17) is 5.73 Å². The molecule has 1 aromatic heterocycles. The van der Waals surface area contributed by atoms with E-state index in [1.54, 1.807) is 11.1 Å². The first-order chi connectivity index (χ1) is 11.4. The van der Waals surface area contributed by atoms with Gasteiger partial charge in [0.25, 0.3) is 5.91 Å². The van der Waals surface area contributed by atoms with Crippen LogP contribution in [0.15, 0.2) is 48.7 Å². The van der Waals surface area contributed by atoms with Crippen molar-refractivity contribution in [3.63, 3.8) is 0 Å². The van der Waals surface area contributed by atoms with Crippen LogP contribution >= 0.6 is 24.8 Å². The fourth-order valence-electron chi connectivity index (χ4n) is 3.08. The molecule has 4 nitrogen and oxygen atoms in total. The molecule has 0 unspecified atom stereocenters. The minimum Gasteiger partial charge on any atom is -0.341 e. The first-order valence-corrected chi connectivity index (χ1v) is 8.15. The first kappa shape index (κ1) is 22.2. The van der Waals surface area contributed by atoms with Crippen molar-refractivity contribution < 1.29 is 4.79 Å². The normalized spacial score (nSPS) is 10.9. The maximum atomic E-state index is 13.0. The summed E-state index contributed by atoms with van der Waals surface area (Å²) in [6.07, 6.45) is 1.73. The molecule has 3 rings (SSSR count). The smallest absolute Gasteiger partial charge is 0.255 e. The maximum absolute atomic E-state index is 13.0. The lowest BCUT2D eigenvalue weighted by Crippen LogP contribution is -2.39. The first-order valence-electron chi connectivity index (χ1n) is 8.15. The van der Waals surface area contributed by atoms with Crippen LogP contribution in [0.3, 0.4) is 0 Å². The second-order valence-electron chi connectivity index (χ2n) is 7.07. The molecule has 0 aliphatic rings. The van der Waals surface area contributed by atoms with Gasteiger partial charge in [0.1, 0.15) is 0 Å². The molecular weight excluding hydrogens is 369 g/mol. The fraction of sp³-hybridized carbons (Fsp3) is 0.300. The number of nitrogens with zero attached hydrogens (tertiary/aromatic N) is 2. The van der Waals surface area contributed by atoms with E-state index in [1.165, 1.54) is 0 Å². The molecule has 1 amide bonds. The second-order valence-corrected chi connectivity index (χ2v) is 7.07. The van der Waals surface area contributed by atoms with Gasteiger partial charge in [0.2, 0.25) is 0 Å². The Hall–Kier alpha value is -1.88. The summed E-state index contributed by atoms with van der Waals surface area (Å²) >= 11 is 0. The minimum atomic E-state index is -0.121. The molecule has 0 bridgehead atoms. The number of fused-ring (bicyclic) bond motifs is 3. The summed E-state index contributed by atoms with van der Waals surface area (Å²) in [5.41, 5.74) is 7.07. The average Bonchev–Trinajstić information content (AvgIpc) is 2.60. The van der Waals surface area contributed by atoms with Crippen molar-refractivity contribution in [2.24, 2.45) is 11.1 Å². The quantitative estimate of drug-likeness (QED) is 0.672. The highest BCUT2D eigenvalue weighted by atomic mass is 35.5. The number of nitrogens with two attached hydrogens (primary N) is 1. The van der Waals surface area contributed by atoms with Crippen molar-refractivity contribution >= 4 is 52.4 Å². The lowest BCUT2D eigenvalue weighted by molar-refractivity contribution is 0.0742. The van der Waals surface area contributed by atoms with Gasteiger partial charge in [0.05, 0.1) is 11.1 Å². The zero-order valence-corrected chi connectivity index (χ0v) is 16.9. The Morgan fingerprint density at radius 1 is 1.12 bits per heavy atom. The van der Waals surface area contributed by atoms with E-state index in [0.29, 0.717) is 18.7 Å². The van der Waals surface area contributed by atoms with Crippen LogP contribution in [-0.4, -0.2) is 35.9 Å². The Morgan fingerprint density at radius 2 is 1.77 bits per heavy atom. The van der Waals surface area contributed by atoms with E-state index >= 15 is 0 Å². The number of aromatic nitrogens is 1. The Balaban J connectivity index is 0.00000169. The summed E-state index contributed by atoms with van der Waals surface area (Å²) in [6, 6.07) is 14.0. The summed E-state index contributed by atoms with van der Waals surface area (Å²) in [5.74, 6) is -0.0222. The van der Waals surface area contributed by atoms with E-state index in [9.17, 15) is 4.79 Å². The number of carbonyl (C=O) groups excluding carboxylic acids is 1. The van der Waals surface area contributed by atoms with Crippen LogP contribution in [0.5, 0.6) is 0 Å². The zero-order valence-electron chi connectivity index (χ0n) is 15.2. The third kappa shape index (κ3) is 4.26. The summed E-state index contributed by atoms with van der Waals surface area (Å²) in [7, 11) is 1.82. The van der Waals surface area contributed by atoms with Gasteiger partial charge in [-0.05, 0) is 34.9 Å². The van der Waals surface area contributed by atoms with Crippen molar-refractivity contribution in [3.05, 3.63) is 54.2 Å². The molecule has 0 atom stereocenters. The molecule has 0 spiro atoms. The van der Waals surface area contributed by atoms with Crippen molar-refractivity contribution in [2.75, 3.05) is 20.1 Å². The third-order valence-corrected chi connectivity index (χ3v) is 4.41. The SMILES string of the molecule is CN(CC(C)(C)CN)C(=O)c1cc2ccccc2c2cccnc12.Cl.Cl. The number of hydrogen-bond acceptors (Lipinski definition) is 3. The summed E-state index contributed by atoms with van der Waals surface area (Å²) in [5, 5.41) is 3.17. The van der Waals surface area contributed by atoms with Crippen LogP contribution in [0.1, 0.15) is 24.2 Å². The van der Waals surface area contributed by atoms with Gasteiger partial charge in [-0.15, -0.1) is 24.8 Å². The van der Waals surface area contributed by atoms with Crippen LogP contribution in [0.25, 0.3) is 21.7 Å². The maximum Gasteiger partial charge on any atom is 0.255 e. The largest absolute Gasteiger partial charge is 0.341 e. The summed E-state index contributed by atoms with van der Waals surface area (Å²) < 4.78 is 0. The van der Waals surface area contributed by atoms with Gasteiger partial charge in [-0.3, -0.25) is 9.78 Å². The highest BCUT2D eigenvalue weighted by Gasteiger charge is 2.23. The number of benzene rings is 2. The van der Waals surface area contributed by atoms with E-state index < -0.39 is 0 Å². The molecular formula is C20H25Cl2N3O. The van der Waals surface area contributed by atoms with Crippen molar-refractivity contribution in [3.8, 4) is 0 Å². The molecule has 0 radical (unpaired) electrons. The Labute approximate surface area is 166 Å². The number of carbonyl (C=O) groups is 1. The predicted molar refractivity (Wildman–Crippen MR) is 114 cm³/mol. The molecule has 1 heterocycles. The fourth-order valence-corrected chi connectivity index (χ4v) is 3.08. The van der Waals surface area contributed by atoms with Crippen LogP contribution < -0.4 is 5.73 Å². The monoisotopic (exact) mass is 393 g/mol. The van der Waals surface area contributed by atoms with Gasteiger partial charge in [-0.2, -0.15) is 0 Å². The van der Waals surface area contributed by atoms with Crippen molar-refractivity contribution in [1.29, 1.82) is 0 Å². The molecule has 2 aromatic carbocycles. The van der Waals surface area contributed by atoms with E-state index in [0.717, 1.165) is 21.7 Å². The molecule has 3 aromatic rings. The molecule has 0 aliphatic heterocycles. The zero-order chi connectivity index (χ0) is 17.3. The molecule has 140 valence electrons. The predicted octanol–water partition coefficient (Wildman–Crippen LogP) is 4.29. The van der Waals surface area contributed by atoms with E-state index in [-0.39, 0.29) is 36.1 Å². The van der Waals surface area contributed by atoms with E-state index in [1.807, 2.05) is 43.4 Å². The average molecular weight is 394 g/mol. The standard InChI is InChI=1S/C20H23N3O.2ClH/c1-20(2,12-21)13-23(3)19(24)17-11-14-7-4-5-8-15(14)16-9-6-10-22-18(16)17;;/h4-11H,12-13,21H2,1-3H3;2*1H. The Morgan fingerprint density at radius 3 is 2.46 bits per heavy atom. The number of hydrogen-bond donors (Lipinski definition) is 1. The van der Waals surface area contributed by atoms with Gasteiger partial charge in [0.15, 0.2) is 0 Å². The highest BCUT2D eigenvalue weighted by Crippen LogP contribution is 2.28. The van der Waals surface area contributed by atoms with Gasteiger partial charge in [0, 0.05) is 25.2 Å². The molecule has 0 fully saturated rings. The summed E-state index contributed by atoms with van der Waals surface area (Å²) in [4.78, 5) is 19.3. The molecule has 0 saturated heterocycles. The third-order valence-electron chi connectivity index (χ3n) is 4.41. The lowest BCUT2D eigenvalue weighted by Gasteiger charge is -2.29. The van der Waals surface area contributed by atoms with Gasteiger partial charge < -0.3 is 10.6 Å². The Bertz CT molecular complexity index is 912. The highest BCUT2D eigenvalue weighted by molar-refractivity contribution is 6.15. The number of pyridine rings is 1. The number of rotatable bonds is 4. The van der Waals surface area contributed by atoms with Gasteiger partial charge in [-0.1, -0.05) is 44.2 Å². The van der Waals surface area contributed by atoms with Gasteiger partial charge >= 0.3 is 0 Å².